The van der Waals surface area contributed by atoms with Gasteiger partial charge in [0.15, 0.2) is 0 Å². The first kappa shape index (κ1) is 39.4. The van der Waals surface area contributed by atoms with E-state index in [1.807, 2.05) is 24.3 Å². The van der Waals surface area contributed by atoms with E-state index < -0.39 is 0 Å². The Labute approximate surface area is 331 Å². The van der Waals surface area contributed by atoms with Crippen LogP contribution in [-0.2, 0) is 20.1 Å². The third-order valence-corrected chi connectivity index (χ3v) is 8.97. The molecule has 0 unspecified atom stereocenters. The molecule has 8 aromatic rings. The Balaban J connectivity index is 0.000000162. The van der Waals surface area contributed by atoms with Crippen LogP contribution in [0.3, 0.4) is 0 Å². The Morgan fingerprint density at radius 1 is 0.556 bits per heavy atom. The summed E-state index contributed by atoms with van der Waals surface area (Å²) in [6.45, 7) is 16.8. The maximum absolute atomic E-state index is 4.02. The van der Waals surface area contributed by atoms with Crippen LogP contribution in [0.15, 0.2) is 109 Å². The topological polar surface area (TPSA) is 83.3 Å². The number of hydrogen-bond acceptors (Lipinski definition) is 4. The molecule has 275 valence electrons. The third kappa shape index (κ3) is 9.20. The summed E-state index contributed by atoms with van der Waals surface area (Å²) in [7, 11) is 0. The van der Waals surface area contributed by atoms with Gasteiger partial charge in [0.2, 0.25) is 0 Å². The molecule has 4 aromatic carbocycles. The fourth-order valence-corrected chi connectivity index (χ4v) is 5.52. The van der Waals surface area contributed by atoms with Crippen LogP contribution in [0, 0.1) is 80.2 Å². The smallest absolute Gasteiger partial charge is 0.267 e. The molecule has 8 rings (SSSR count). The molecular weight excluding hydrogens is 847 g/mol. The molecule has 0 aliphatic carbocycles. The second-order valence-corrected chi connectivity index (χ2v) is 13.0. The van der Waals surface area contributed by atoms with Gasteiger partial charge in [0, 0.05) is 37.7 Å². The first-order chi connectivity index (χ1) is 25.6. The summed E-state index contributed by atoms with van der Waals surface area (Å²) in [5.74, 6) is 0.464. The average Bonchev–Trinajstić information content (AvgIpc) is 3.90. The van der Waals surface area contributed by atoms with Crippen molar-refractivity contribution in [1.82, 2.24) is 34.7 Å². The molecule has 4 aromatic heterocycles. The van der Waals surface area contributed by atoms with Crippen LogP contribution in [0.1, 0.15) is 45.0 Å². The zero-order valence-corrected chi connectivity index (χ0v) is 34.1. The maximum atomic E-state index is 4.02. The molecule has 0 atom stereocenters. The second-order valence-electron chi connectivity index (χ2n) is 13.0. The summed E-state index contributed by atoms with van der Waals surface area (Å²) in [6, 6.07) is 41.5. The largest absolute Gasteiger partial charge is 0.329 e. The second kappa shape index (κ2) is 17.8. The van der Waals surface area contributed by atoms with Crippen LogP contribution in [0.2, 0.25) is 0 Å². The van der Waals surface area contributed by atoms with Crippen molar-refractivity contribution in [3.8, 4) is 34.3 Å². The number of aromatic nitrogens is 9. The summed E-state index contributed by atoms with van der Waals surface area (Å²) >= 11 is 0. The van der Waals surface area contributed by atoms with Gasteiger partial charge in [-0.15, -0.1) is 0 Å². The third-order valence-electron chi connectivity index (χ3n) is 8.97. The van der Waals surface area contributed by atoms with Crippen molar-refractivity contribution < 1.29 is 29.2 Å². The van der Waals surface area contributed by atoms with Gasteiger partial charge in [-0.05, 0) is 89.3 Å². The van der Waals surface area contributed by atoms with E-state index in [4.69, 9.17) is 0 Å². The normalized spacial score (nSPS) is 10.4. The average molecular weight is 889 g/mol. The predicted molar refractivity (Wildman–Crippen MR) is 204 cm³/mol. The van der Waals surface area contributed by atoms with Gasteiger partial charge in [0.05, 0.1) is 34.3 Å². The molecule has 4 heterocycles. The van der Waals surface area contributed by atoms with Crippen molar-refractivity contribution in [2.45, 2.75) is 55.4 Å². The first-order valence-electron chi connectivity index (χ1n) is 17.4. The molecule has 0 spiro atoms. The van der Waals surface area contributed by atoms with Gasteiger partial charge in [-0.25, -0.2) is 0 Å². The minimum Gasteiger partial charge on any atom is -0.329 e. The number of aryl methyl sites for hydroxylation is 4. The summed E-state index contributed by atoms with van der Waals surface area (Å²) in [4.78, 5) is 4.02. The van der Waals surface area contributed by atoms with Gasteiger partial charge in [-0.1, -0.05) is 55.3 Å². The molecule has 54 heavy (non-hydrogen) atoms. The number of pyridine rings is 1. The van der Waals surface area contributed by atoms with E-state index in [-0.39, 0.29) is 20.1 Å². The molecule has 0 bridgehead atoms. The summed E-state index contributed by atoms with van der Waals surface area (Å²) in [5, 5.41) is 14.0. The molecular formula is C44H42IrN9-3. The number of rotatable bonds is 5. The number of imidazole rings is 2. The van der Waals surface area contributed by atoms with Crippen molar-refractivity contribution in [3.05, 3.63) is 179 Å². The monoisotopic (exact) mass is 889 g/mol. The minimum atomic E-state index is 0. The zero-order valence-electron chi connectivity index (χ0n) is 31.8. The predicted octanol–water partition coefficient (Wildman–Crippen LogP) is 7.06. The van der Waals surface area contributed by atoms with Crippen LogP contribution < -0.4 is 14.2 Å². The van der Waals surface area contributed by atoms with E-state index >= 15 is 0 Å². The molecule has 0 saturated heterocycles. The van der Waals surface area contributed by atoms with E-state index in [0.717, 1.165) is 22.7 Å². The Morgan fingerprint density at radius 2 is 1.02 bits per heavy atom. The quantitative estimate of drug-likeness (QED) is 0.137. The van der Waals surface area contributed by atoms with Gasteiger partial charge in [0.1, 0.15) is 0 Å². The fourth-order valence-electron chi connectivity index (χ4n) is 5.52. The SMILES string of the molecule is Cc1c[c-]c(-n2[c-][n+](-c3ccc(C)cc3)c(C)c2C)cc1.Cc1c[c-]c(-n2[c-][n+](-c3ccc(C)cc3)c(C)c2C)cc1.[Ir].c1ccc(-c2nnn[n-]2)nc1. The molecule has 0 aliphatic heterocycles. The standard InChI is InChI=1S/2C19H19N2.C6H4N5.Ir/c2*1-14-5-9-18(10-6-14)20-13-21(17(4)16(20)3)19-11-7-15(2)8-12-19;1-2-4-7-5(3-1)6-8-10-11-9-6;/h2*5-11H,1-4H3;1-4H;/q3*-1;. The van der Waals surface area contributed by atoms with Gasteiger partial charge in [0.25, 0.3) is 12.7 Å². The van der Waals surface area contributed by atoms with Crippen LogP contribution >= 0.6 is 0 Å². The first-order valence-corrected chi connectivity index (χ1v) is 17.4. The molecule has 0 fully saturated rings. The van der Waals surface area contributed by atoms with Gasteiger partial charge in [-0.3, -0.25) is 24.4 Å². The Morgan fingerprint density at radius 3 is 1.39 bits per heavy atom. The molecule has 0 N–H and O–H groups in total. The number of benzene rings is 4. The summed E-state index contributed by atoms with van der Waals surface area (Å²) < 4.78 is 8.33. The number of hydrogen-bond donors (Lipinski definition) is 0. The van der Waals surface area contributed by atoms with Crippen LogP contribution in [0.4, 0.5) is 0 Å². The van der Waals surface area contributed by atoms with Crippen LogP contribution in [0.5, 0.6) is 0 Å². The molecule has 0 aliphatic rings. The summed E-state index contributed by atoms with van der Waals surface area (Å²) in [5.41, 5.74) is 14.7. The van der Waals surface area contributed by atoms with E-state index in [1.165, 1.54) is 45.0 Å². The fraction of sp³-hybridized carbons (Fsp3) is 0.182. The molecule has 10 heteroatoms. The number of nitrogens with zero attached hydrogens (tertiary/aromatic N) is 9. The Kier molecular flexibility index (Phi) is 13.0. The molecule has 9 nitrogen and oxygen atoms in total. The van der Waals surface area contributed by atoms with Crippen molar-refractivity contribution in [2.75, 3.05) is 0 Å². The maximum Gasteiger partial charge on any atom is 0.267 e. The van der Waals surface area contributed by atoms with E-state index in [2.05, 4.69) is 197 Å². The van der Waals surface area contributed by atoms with Gasteiger partial charge in [-0.2, -0.15) is 64.9 Å². The van der Waals surface area contributed by atoms with Gasteiger partial charge < -0.3 is 14.2 Å². The van der Waals surface area contributed by atoms with Crippen LogP contribution in [-0.4, -0.2) is 29.6 Å². The Bertz CT molecular complexity index is 2110. The minimum absolute atomic E-state index is 0. The summed E-state index contributed by atoms with van der Waals surface area (Å²) in [6.07, 6.45) is 8.52. The van der Waals surface area contributed by atoms with Crippen molar-refractivity contribution in [3.63, 3.8) is 0 Å². The van der Waals surface area contributed by atoms with Crippen molar-refractivity contribution >= 4 is 0 Å². The van der Waals surface area contributed by atoms with E-state index in [0.29, 0.717) is 11.5 Å². The zero-order chi connectivity index (χ0) is 37.5. The molecule has 0 saturated carbocycles. The van der Waals surface area contributed by atoms with Crippen molar-refractivity contribution in [2.24, 2.45) is 0 Å². The van der Waals surface area contributed by atoms with E-state index in [9.17, 15) is 0 Å². The molecule has 1 radical (unpaired) electrons. The van der Waals surface area contributed by atoms with E-state index in [1.54, 1.807) is 12.3 Å². The van der Waals surface area contributed by atoms with Crippen LogP contribution in [0.25, 0.3) is 34.3 Å². The van der Waals surface area contributed by atoms with Crippen molar-refractivity contribution in [1.29, 1.82) is 0 Å². The number of tetrazole rings is 1. The molecule has 0 amide bonds. The Hall–Kier alpha value is -5.83. The van der Waals surface area contributed by atoms with Gasteiger partial charge >= 0.3 is 0 Å².